The van der Waals surface area contributed by atoms with Crippen LogP contribution in [0.2, 0.25) is 38.3 Å². The highest BCUT2D eigenvalue weighted by Crippen LogP contribution is 2.22. The second-order valence-electron chi connectivity index (χ2n) is 8.14. The smallest absolute Gasteiger partial charge is 0.173 e. The summed E-state index contributed by atoms with van der Waals surface area (Å²) in [6.45, 7) is 16.9. The van der Waals surface area contributed by atoms with E-state index in [1.165, 1.54) is 6.42 Å². The molecule has 0 saturated carbocycles. The maximum Gasteiger partial charge on any atom is 0.173 e. The maximum atomic E-state index is 9.89. The van der Waals surface area contributed by atoms with E-state index in [9.17, 15) is 5.11 Å². The van der Waals surface area contributed by atoms with E-state index in [2.05, 4.69) is 47.0 Å². The van der Waals surface area contributed by atoms with Gasteiger partial charge >= 0.3 is 0 Å². The van der Waals surface area contributed by atoms with Gasteiger partial charge in [0, 0.05) is 6.61 Å². The van der Waals surface area contributed by atoms with Crippen molar-refractivity contribution in [2.45, 2.75) is 78.0 Å². The van der Waals surface area contributed by atoms with Gasteiger partial charge in [0.25, 0.3) is 0 Å². The Kier molecular flexibility index (Phi) is 14.0. The Labute approximate surface area is 169 Å². The van der Waals surface area contributed by atoms with E-state index in [1.54, 1.807) is 0 Å². The molecule has 0 saturated heterocycles. The monoisotopic (exact) mass is 414 g/mol. The molecule has 4 nitrogen and oxygen atoms in total. The normalized spacial score (nSPS) is 12.9. The third kappa shape index (κ3) is 15.0. The molecule has 27 heavy (non-hydrogen) atoms. The minimum absolute atomic E-state index is 0.254. The molecule has 0 aliphatic rings. The summed E-state index contributed by atoms with van der Waals surface area (Å²) in [5.41, 5.74) is 0. The molecule has 0 fully saturated rings. The minimum Gasteiger partial charge on any atom is -0.491 e. The van der Waals surface area contributed by atoms with Crippen molar-refractivity contribution in [3.05, 3.63) is 30.3 Å². The summed E-state index contributed by atoms with van der Waals surface area (Å²) in [6, 6.07) is 11.8. The van der Waals surface area contributed by atoms with E-state index < -0.39 is 22.7 Å². The molecule has 0 amide bonds. The first-order valence-electron chi connectivity index (χ1n) is 10.3. The molecule has 0 aromatic heterocycles. The summed E-state index contributed by atoms with van der Waals surface area (Å²) in [5.74, 6) is 0.768. The van der Waals surface area contributed by atoms with E-state index in [4.69, 9.17) is 13.6 Å². The van der Waals surface area contributed by atoms with Gasteiger partial charge in [0.15, 0.2) is 16.6 Å². The first-order valence-corrected chi connectivity index (χ1v) is 16.5. The average Bonchev–Trinajstić information content (AvgIpc) is 2.60. The molecule has 1 unspecified atom stereocenters. The first kappa shape index (κ1) is 26.3. The topological polar surface area (TPSA) is 47.9 Å². The van der Waals surface area contributed by atoms with Crippen molar-refractivity contribution in [1.29, 1.82) is 0 Å². The molecule has 0 radical (unpaired) electrons. The predicted molar refractivity (Wildman–Crippen MR) is 121 cm³/mol. The average molecular weight is 415 g/mol. The number of aliphatic hydroxyl groups is 1. The van der Waals surface area contributed by atoms with E-state index in [-0.39, 0.29) is 6.61 Å². The molecule has 6 heteroatoms. The van der Waals surface area contributed by atoms with Crippen molar-refractivity contribution in [3.8, 4) is 5.75 Å². The van der Waals surface area contributed by atoms with E-state index in [0.717, 1.165) is 24.3 Å². The number of aliphatic hydroxyl groups excluding tert-OH is 1. The van der Waals surface area contributed by atoms with Crippen molar-refractivity contribution in [2.75, 3.05) is 19.8 Å². The van der Waals surface area contributed by atoms with Crippen LogP contribution in [-0.2, 0) is 8.85 Å². The minimum atomic E-state index is -1.60. The van der Waals surface area contributed by atoms with Gasteiger partial charge in [0.2, 0.25) is 0 Å². The molecule has 0 aliphatic heterocycles. The zero-order valence-electron chi connectivity index (χ0n) is 18.6. The molecule has 1 atom stereocenters. The Morgan fingerprint density at radius 3 is 2.07 bits per heavy atom. The van der Waals surface area contributed by atoms with Crippen molar-refractivity contribution < 1.29 is 18.7 Å². The van der Waals surface area contributed by atoms with Crippen LogP contribution in [0, 0.1) is 0 Å². The van der Waals surface area contributed by atoms with Gasteiger partial charge in [-0.25, -0.2) is 0 Å². The van der Waals surface area contributed by atoms with Crippen LogP contribution in [0.1, 0.15) is 33.6 Å². The SMILES string of the molecule is CCC.CC[Si](C)(C)O[Si](C)(C)CCCOCC(O)COc1ccccc1. The van der Waals surface area contributed by atoms with Crippen LogP contribution in [-0.4, -0.2) is 47.7 Å². The van der Waals surface area contributed by atoms with Gasteiger partial charge in [0.1, 0.15) is 18.5 Å². The molecule has 1 aromatic rings. The summed E-state index contributed by atoms with van der Waals surface area (Å²) in [4.78, 5) is 0. The maximum absolute atomic E-state index is 9.89. The number of para-hydroxylation sites is 1. The molecular formula is C21H42O4Si2. The highest BCUT2D eigenvalue weighted by Gasteiger charge is 2.31. The molecule has 0 spiro atoms. The Hall–Kier alpha value is -0.666. The second-order valence-corrected chi connectivity index (χ2v) is 17.2. The van der Waals surface area contributed by atoms with Gasteiger partial charge in [0.05, 0.1) is 6.61 Å². The van der Waals surface area contributed by atoms with Gasteiger partial charge in [-0.2, -0.15) is 0 Å². The van der Waals surface area contributed by atoms with Crippen molar-refractivity contribution in [1.82, 2.24) is 0 Å². The summed E-state index contributed by atoms with van der Waals surface area (Å²) >= 11 is 0. The van der Waals surface area contributed by atoms with E-state index in [1.807, 2.05) is 30.3 Å². The Morgan fingerprint density at radius 1 is 0.926 bits per heavy atom. The largest absolute Gasteiger partial charge is 0.491 e. The lowest BCUT2D eigenvalue weighted by molar-refractivity contribution is 0.0122. The molecule has 0 bridgehead atoms. The lowest BCUT2D eigenvalue weighted by atomic mass is 10.3. The summed E-state index contributed by atoms with van der Waals surface area (Å²) in [7, 11) is -3.08. The molecule has 1 N–H and O–H groups in total. The van der Waals surface area contributed by atoms with Crippen LogP contribution < -0.4 is 4.74 Å². The van der Waals surface area contributed by atoms with Gasteiger partial charge in [-0.05, 0) is 56.8 Å². The molecule has 158 valence electrons. The van der Waals surface area contributed by atoms with Crippen LogP contribution in [0.25, 0.3) is 0 Å². The quantitative estimate of drug-likeness (QED) is 0.352. The van der Waals surface area contributed by atoms with E-state index >= 15 is 0 Å². The third-order valence-corrected chi connectivity index (χ3v) is 11.6. The van der Waals surface area contributed by atoms with Crippen LogP contribution in [0.3, 0.4) is 0 Å². The Bertz CT molecular complexity index is 467. The van der Waals surface area contributed by atoms with Crippen molar-refractivity contribution in [2.24, 2.45) is 0 Å². The number of hydrogen-bond donors (Lipinski definition) is 1. The zero-order chi connectivity index (χ0) is 20.8. The molecular weight excluding hydrogens is 372 g/mol. The number of rotatable bonds is 12. The van der Waals surface area contributed by atoms with Gasteiger partial charge in [-0.3, -0.25) is 0 Å². The Morgan fingerprint density at radius 2 is 1.52 bits per heavy atom. The summed E-state index contributed by atoms with van der Waals surface area (Å²) in [6.07, 6.45) is 1.64. The van der Waals surface area contributed by atoms with Gasteiger partial charge in [-0.15, -0.1) is 0 Å². The number of benzene rings is 1. The fraction of sp³-hybridized carbons (Fsp3) is 0.714. The zero-order valence-corrected chi connectivity index (χ0v) is 20.6. The Balaban J connectivity index is 0.00000210. The van der Waals surface area contributed by atoms with Crippen LogP contribution >= 0.6 is 0 Å². The van der Waals surface area contributed by atoms with Gasteiger partial charge < -0.3 is 18.7 Å². The standard InChI is InChI=1S/C18H34O4Si2.C3H8/c1-6-23(2,3)22-24(4,5)14-10-13-20-15-17(19)16-21-18-11-8-7-9-12-18;1-3-2/h7-9,11-12,17,19H,6,10,13-16H2,1-5H3;3H2,1-2H3. The number of hydrogen-bond acceptors (Lipinski definition) is 4. The molecule has 1 aromatic carbocycles. The highest BCUT2D eigenvalue weighted by atomic mass is 28.4. The summed E-state index contributed by atoms with van der Waals surface area (Å²) < 4.78 is 17.5. The lowest BCUT2D eigenvalue weighted by Crippen LogP contribution is -2.43. The van der Waals surface area contributed by atoms with Crippen LogP contribution in [0.4, 0.5) is 0 Å². The molecule has 1 rings (SSSR count). The van der Waals surface area contributed by atoms with Crippen molar-refractivity contribution >= 4 is 16.6 Å². The van der Waals surface area contributed by atoms with Crippen LogP contribution in [0.15, 0.2) is 30.3 Å². The van der Waals surface area contributed by atoms with E-state index in [0.29, 0.717) is 13.2 Å². The fourth-order valence-corrected chi connectivity index (χ4v) is 10.4. The van der Waals surface area contributed by atoms with Crippen LogP contribution in [0.5, 0.6) is 5.75 Å². The summed E-state index contributed by atoms with van der Waals surface area (Å²) in [5, 5.41) is 9.89. The van der Waals surface area contributed by atoms with Gasteiger partial charge in [-0.1, -0.05) is 45.4 Å². The lowest BCUT2D eigenvalue weighted by Gasteiger charge is -2.33. The third-order valence-electron chi connectivity index (χ3n) is 3.97. The van der Waals surface area contributed by atoms with Crippen molar-refractivity contribution in [3.63, 3.8) is 0 Å². The highest BCUT2D eigenvalue weighted by molar-refractivity contribution is 6.84. The number of ether oxygens (including phenoxy) is 2. The second kappa shape index (κ2) is 14.3. The predicted octanol–water partition coefficient (Wildman–Crippen LogP) is 5.70. The molecule has 0 aliphatic carbocycles. The first-order chi connectivity index (χ1) is 12.7. The fourth-order valence-electron chi connectivity index (χ4n) is 2.45. The molecule has 0 heterocycles.